The van der Waals surface area contributed by atoms with E-state index in [-0.39, 0.29) is 0 Å². The number of ether oxygens (including phenoxy) is 1. The Hall–Kier alpha value is -0.670. The SMILES string of the molecule is COc1cccc(SC2CCCCC2)c1[C@H](C)O. The fourth-order valence-corrected chi connectivity index (χ4v) is 4.06. The molecule has 0 radical (unpaired) electrons. The van der Waals surface area contributed by atoms with Crippen LogP contribution in [-0.4, -0.2) is 17.5 Å². The Morgan fingerprint density at radius 3 is 2.61 bits per heavy atom. The standard InChI is InChI=1S/C15H22O2S/c1-11(16)15-13(17-2)9-6-10-14(15)18-12-7-4-3-5-8-12/h6,9-12,16H,3-5,7-8H2,1-2H3/t11-/m0/s1. The zero-order valence-corrected chi connectivity index (χ0v) is 12.0. The fraction of sp³-hybridized carbons (Fsp3) is 0.600. The van der Waals surface area contributed by atoms with Gasteiger partial charge in [-0.25, -0.2) is 0 Å². The summed E-state index contributed by atoms with van der Waals surface area (Å²) < 4.78 is 5.36. The van der Waals surface area contributed by atoms with E-state index in [0.29, 0.717) is 5.25 Å². The molecule has 1 aliphatic carbocycles. The molecular weight excluding hydrogens is 244 g/mol. The minimum atomic E-state index is -0.479. The summed E-state index contributed by atoms with van der Waals surface area (Å²) >= 11 is 1.91. The first kappa shape index (κ1) is 13.8. The molecule has 1 atom stereocenters. The normalized spacial score (nSPS) is 18.6. The van der Waals surface area contributed by atoms with Crippen molar-refractivity contribution in [2.75, 3.05) is 7.11 Å². The topological polar surface area (TPSA) is 29.5 Å². The van der Waals surface area contributed by atoms with Crippen LogP contribution in [0, 0.1) is 0 Å². The quantitative estimate of drug-likeness (QED) is 0.886. The monoisotopic (exact) mass is 266 g/mol. The highest BCUT2D eigenvalue weighted by Crippen LogP contribution is 2.40. The lowest BCUT2D eigenvalue weighted by Crippen LogP contribution is -2.09. The van der Waals surface area contributed by atoms with Gasteiger partial charge in [0, 0.05) is 15.7 Å². The third-order valence-electron chi connectivity index (χ3n) is 3.51. The fourth-order valence-electron chi connectivity index (χ4n) is 2.58. The van der Waals surface area contributed by atoms with Crippen LogP contribution >= 0.6 is 11.8 Å². The van der Waals surface area contributed by atoms with Gasteiger partial charge in [0.1, 0.15) is 5.75 Å². The maximum atomic E-state index is 9.95. The molecule has 0 saturated heterocycles. The molecule has 0 aliphatic heterocycles. The third-order valence-corrected chi connectivity index (χ3v) is 4.92. The van der Waals surface area contributed by atoms with Crippen LogP contribution in [0.1, 0.15) is 50.7 Å². The van der Waals surface area contributed by atoms with E-state index >= 15 is 0 Å². The van der Waals surface area contributed by atoms with Crippen molar-refractivity contribution >= 4 is 11.8 Å². The van der Waals surface area contributed by atoms with E-state index in [2.05, 4.69) is 6.07 Å². The van der Waals surface area contributed by atoms with Crippen LogP contribution < -0.4 is 4.74 Å². The maximum absolute atomic E-state index is 9.95. The molecule has 0 bridgehead atoms. The van der Waals surface area contributed by atoms with Crippen molar-refractivity contribution in [1.29, 1.82) is 0 Å². The van der Waals surface area contributed by atoms with E-state index in [4.69, 9.17) is 4.74 Å². The number of hydrogen-bond acceptors (Lipinski definition) is 3. The number of aliphatic hydroxyl groups is 1. The van der Waals surface area contributed by atoms with Crippen molar-refractivity contribution in [2.45, 2.75) is 55.3 Å². The van der Waals surface area contributed by atoms with Crippen molar-refractivity contribution in [3.63, 3.8) is 0 Å². The second-order valence-electron chi connectivity index (χ2n) is 4.93. The Morgan fingerprint density at radius 2 is 2.00 bits per heavy atom. The molecule has 2 rings (SSSR count). The predicted molar refractivity (Wildman–Crippen MR) is 76.4 cm³/mol. The average Bonchev–Trinajstić information content (AvgIpc) is 2.39. The van der Waals surface area contributed by atoms with E-state index in [0.717, 1.165) is 11.3 Å². The molecule has 1 N–H and O–H groups in total. The van der Waals surface area contributed by atoms with Crippen molar-refractivity contribution in [1.82, 2.24) is 0 Å². The molecule has 1 aromatic carbocycles. The van der Waals surface area contributed by atoms with E-state index in [9.17, 15) is 5.11 Å². The average molecular weight is 266 g/mol. The molecular formula is C15H22O2S. The van der Waals surface area contributed by atoms with Crippen molar-refractivity contribution in [3.8, 4) is 5.75 Å². The third kappa shape index (κ3) is 3.21. The van der Waals surface area contributed by atoms with Gasteiger partial charge in [-0.1, -0.05) is 25.3 Å². The summed E-state index contributed by atoms with van der Waals surface area (Å²) in [5.41, 5.74) is 0.940. The summed E-state index contributed by atoms with van der Waals surface area (Å²) in [7, 11) is 1.66. The first-order valence-corrected chi connectivity index (χ1v) is 7.62. The van der Waals surface area contributed by atoms with Crippen LogP contribution in [0.15, 0.2) is 23.1 Å². The predicted octanol–water partition coefficient (Wildman–Crippen LogP) is 4.17. The molecule has 0 heterocycles. The molecule has 0 unspecified atom stereocenters. The number of rotatable bonds is 4. The van der Waals surface area contributed by atoms with E-state index in [1.807, 2.05) is 30.8 Å². The molecule has 0 spiro atoms. The van der Waals surface area contributed by atoms with Gasteiger partial charge in [0.25, 0.3) is 0 Å². The Bertz CT molecular complexity index is 384. The maximum Gasteiger partial charge on any atom is 0.125 e. The molecule has 1 aromatic rings. The second-order valence-corrected chi connectivity index (χ2v) is 6.27. The molecule has 0 aromatic heterocycles. The lowest BCUT2D eigenvalue weighted by Gasteiger charge is -2.23. The number of thioether (sulfide) groups is 1. The molecule has 2 nitrogen and oxygen atoms in total. The van der Waals surface area contributed by atoms with Gasteiger partial charge in [-0.15, -0.1) is 11.8 Å². The lowest BCUT2D eigenvalue weighted by atomic mass is 10.0. The Morgan fingerprint density at radius 1 is 1.28 bits per heavy atom. The first-order valence-electron chi connectivity index (χ1n) is 6.74. The Balaban J connectivity index is 2.20. The zero-order valence-electron chi connectivity index (χ0n) is 11.2. The van der Waals surface area contributed by atoms with E-state index in [1.54, 1.807) is 7.11 Å². The van der Waals surface area contributed by atoms with Crippen molar-refractivity contribution < 1.29 is 9.84 Å². The highest BCUT2D eigenvalue weighted by Gasteiger charge is 2.19. The Labute approximate surface area is 114 Å². The number of benzene rings is 1. The number of aliphatic hydroxyl groups excluding tert-OH is 1. The van der Waals surface area contributed by atoms with Gasteiger partial charge >= 0.3 is 0 Å². The molecule has 18 heavy (non-hydrogen) atoms. The molecule has 0 amide bonds. The van der Waals surface area contributed by atoms with Crippen LogP contribution in [0.2, 0.25) is 0 Å². The van der Waals surface area contributed by atoms with Gasteiger partial charge in [0.15, 0.2) is 0 Å². The number of hydrogen-bond donors (Lipinski definition) is 1. The zero-order chi connectivity index (χ0) is 13.0. The Kier molecular flexibility index (Phi) is 4.95. The molecule has 1 saturated carbocycles. The van der Waals surface area contributed by atoms with E-state index in [1.165, 1.54) is 37.0 Å². The summed E-state index contributed by atoms with van der Waals surface area (Å²) in [6.07, 6.45) is 6.16. The van der Waals surface area contributed by atoms with Crippen LogP contribution in [0.25, 0.3) is 0 Å². The second kappa shape index (κ2) is 6.48. The smallest absolute Gasteiger partial charge is 0.125 e. The molecule has 1 aliphatic rings. The summed E-state index contributed by atoms with van der Waals surface area (Å²) in [5.74, 6) is 0.797. The summed E-state index contributed by atoms with van der Waals surface area (Å²) in [5, 5.41) is 10.7. The van der Waals surface area contributed by atoms with Gasteiger partial charge < -0.3 is 9.84 Å². The van der Waals surface area contributed by atoms with Crippen LogP contribution in [0.5, 0.6) is 5.75 Å². The van der Waals surface area contributed by atoms with Gasteiger partial charge in [-0.05, 0) is 31.9 Å². The summed E-state index contributed by atoms with van der Waals surface area (Å²) in [6.45, 7) is 1.81. The van der Waals surface area contributed by atoms with Gasteiger partial charge in [0.2, 0.25) is 0 Å². The van der Waals surface area contributed by atoms with Gasteiger partial charge in [-0.3, -0.25) is 0 Å². The highest BCUT2D eigenvalue weighted by molar-refractivity contribution is 8.00. The molecule has 3 heteroatoms. The molecule has 100 valence electrons. The van der Waals surface area contributed by atoms with Crippen LogP contribution in [-0.2, 0) is 0 Å². The lowest BCUT2D eigenvalue weighted by molar-refractivity contribution is 0.191. The number of methoxy groups -OCH3 is 1. The minimum Gasteiger partial charge on any atom is -0.496 e. The van der Waals surface area contributed by atoms with Gasteiger partial charge in [0.05, 0.1) is 13.2 Å². The summed E-state index contributed by atoms with van der Waals surface area (Å²) in [4.78, 5) is 1.18. The van der Waals surface area contributed by atoms with Gasteiger partial charge in [-0.2, -0.15) is 0 Å². The van der Waals surface area contributed by atoms with Crippen molar-refractivity contribution in [3.05, 3.63) is 23.8 Å². The summed E-state index contributed by atoms with van der Waals surface area (Å²) in [6, 6.07) is 6.03. The van der Waals surface area contributed by atoms with E-state index < -0.39 is 6.10 Å². The largest absolute Gasteiger partial charge is 0.496 e. The van der Waals surface area contributed by atoms with Crippen molar-refractivity contribution in [2.24, 2.45) is 0 Å². The van der Waals surface area contributed by atoms with Crippen LogP contribution in [0.3, 0.4) is 0 Å². The first-order chi connectivity index (χ1) is 8.72. The molecule has 1 fully saturated rings. The minimum absolute atomic E-state index is 0.479. The van der Waals surface area contributed by atoms with Crippen LogP contribution in [0.4, 0.5) is 0 Å². The highest BCUT2D eigenvalue weighted by atomic mass is 32.2.